The second-order valence-corrected chi connectivity index (χ2v) is 7.34. The lowest BCUT2D eigenvalue weighted by molar-refractivity contribution is -0.174. The van der Waals surface area contributed by atoms with Gasteiger partial charge in [0.15, 0.2) is 0 Å². The molecule has 2 bridgehead atoms. The summed E-state index contributed by atoms with van der Waals surface area (Å²) in [6.45, 7) is 2.70. The fraction of sp³-hybridized carbons (Fsp3) is 0.867. The zero-order valence-corrected chi connectivity index (χ0v) is 11.7. The molecule has 1 amide bonds. The Morgan fingerprint density at radius 1 is 1.25 bits per heavy atom. The molecule has 0 aromatic heterocycles. The molecule has 1 N–H and O–H groups in total. The zero-order valence-electron chi connectivity index (χ0n) is 11.7. The number of hydrogen-bond donors (Lipinski definition) is 1. The number of rotatable bonds is 4. The second-order valence-electron chi connectivity index (χ2n) is 7.34. The predicted molar refractivity (Wildman–Crippen MR) is 69.9 cm³/mol. The van der Waals surface area contributed by atoms with Gasteiger partial charge in [0.05, 0.1) is 13.1 Å². The van der Waals surface area contributed by atoms with Crippen molar-refractivity contribution in [2.45, 2.75) is 31.8 Å². The van der Waals surface area contributed by atoms with Crippen LogP contribution >= 0.6 is 0 Å². The molecule has 0 radical (unpaired) electrons. The van der Waals surface area contributed by atoms with Gasteiger partial charge in [-0.05, 0) is 49.9 Å². The number of hydrogen-bond acceptors (Lipinski definition) is 3. The van der Waals surface area contributed by atoms with E-state index in [9.17, 15) is 9.59 Å². The van der Waals surface area contributed by atoms with E-state index in [2.05, 4.69) is 0 Å². The van der Waals surface area contributed by atoms with Crippen LogP contribution in [-0.2, 0) is 14.3 Å². The molecule has 5 heteroatoms. The fourth-order valence-electron chi connectivity index (χ4n) is 5.11. The van der Waals surface area contributed by atoms with E-state index < -0.39 is 11.6 Å². The molecule has 4 fully saturated rings. The lowest BCUT2D eigenvalue weighted by Crippen LogP contribution is -2.64. The Balaban J connectivity index is 1.31. The van der Waals surface area contributed by atoms with Gasteiger partial charge in [-0.25, -0.2) is 4.79 Å². The molecule has 3 saturated carbocycles. The summed E-state index contributed by atoms with van der Waals surface area (Å²) in [4.78, 5) is 24.9. The van der Waals surface area contributed by atoms with Crippen LogP contribution in [0.3, 0.4) is 0 Å². The van der Waals surface area contributed by atoms with Gasteiger partial charge < -0.3 is 14.7 Å². The maximum Gasteiger partial charge on any atom is 0.329 e. The van der Waals surface area contributed by atoms with Gasteiger partial charge in [-0.3, -0.25) is 4.79 Å². The highest BCUT2D eigenvalue weighted by molar-refractivity contribution is 5.84. The molecule has 0 aromatic carbocycles. The van der Waals surface area contributed by atoms with Crippen molar-refractivity contribution in [1.82, 2.24) is 4.90 Å². The standard InChI is InChI=1S/C15H21NO4/c1-15(20-5-10(17)18)6-16(7-15)14(19)13-11-8-2-3-9(4-8)12(11)13/h8-9,11-13H,2-7H2,1H3,(H,17,18). The number of carbonyl (C=O) groups excluding carboxylic acids is 1. The number of ether oxygens (including phenoxy) is 1. The summed E-state index contributed by atoms with van der Waals surface area (Å²) < 4.78 is 5.36. The van der Waals surface area contributed by atoms with E-state index in [4.69, 9.17) is 9.84 Å². The second kappa shape index (κ2) is 3.97. The van der Waals surface area contributed by atoms with Gasteiger partial charge in [0.25, 0.3) is 0 Å². The highest BCUT2D eigenvalue weighted by Crippen LogP contribution is 2.69. The third kappa shape index (κ3) is 1.72. The van der Waals surface area contributed by atoms with Gasteiger partial charge in [0, 0.05) is 5.92 Å². The SMILES string of the molecule is CC1(OCC(=O)O)CN(C(=O)C2C3C4CCC(C4)C23)C1. The molecule has 110 valence electrons. The van der Waals surface area contributed by atoms with Crippen molar-refractivity contribution in [2.24, 2.45) is 29.6 Å². The Hall–Kier alpha value is -1.10. The minimum absolute atomic E-state index is 0.280. The molecule has 4 unspecified atom stereocenters. The molecule has 4 rings (SSSR count). The molecule has 1 saturated heterocycles. The van der Waals surface area contributed by atoms with Crippen LogP contribution in [0.25, 0.3) is 0 Å². The Morgan fingerprint density at radius 2 is 1.85 bits per heavy atom. The number of likely N-dealkylation sites (tertiary alicyclic amines) is 1. The van der Waals surface area contributed by atoms with Crippen LogP contribution in [0.2, 0.25) is 0 Å². The van der Waals surface area contributed by atoms with Gasteiger partial charge >= 0.3 is 5.97 Å². The summed E-state index contributed by atoms with van der Waals surface area (Å²) >= 11 is 0. The van der Waals surface area contributed by atoms with Gasteiger partial charge in [-0.2, -0.15) is 0 Å². The van der Waals surface area contributed by atoms with Crippen molar-refractivity contribution < 1.29 is 19.4 Å². The largest absolute Gasteiger partial charge is 0.480 e. The summed E-state index contributed by atoms with van der Waals surface area (Å²) in [7, 11) is 0. The Labute approximate surface area is 118 Å². The van der Waals surface area contributed by atoms with Crippen LogP contribution in [0.5, 0.6) is 0 Å². The van der Waals surface area contributed by atoms with E-state index >= 15 is 0 Å². The van der Waals surface area contributed by atoms with Crippen LogP contribution in [0, 0.1) is 29.6 Å². The fourth-order valence-corrected chi connectivity index (χ4v) is 5.11. The van der Waals surface area contributed by atoms with E-state index in [1.54, 1.807) is 0 Å². The van der Waals surface area contributed by atoms with Crippen molar-refractivity contribution in [2.75, 3.05) is 19.7 Å². The maximum absolute atomic E-state index is 12.5. The van der Waals surface area contributed by atoms with Gasteiger partial charge in [0.2, 0.25) is 5.91 Å². The average molecular weight is 279 g/mol. The van der Waals surface area contributed by atoms with Crippen LogP contribution in [-0.4, -0.2) is 47.2 Å². The number of aliphatic carboxylic acids is 1. The first-order chi connectivity index (χ1) is 9.48. The van der Waals surface area contributed by atoms with Crippen molar-refractivity contribution in [3.05, 3.63) is 0 Å². The van der Waals surface area contributed by atoms with Crippen LogP contribution < -0.4 is 0 Å². The maximum atomic E-state index is 12.5. The summed E-state index contributed by atoms with van der Waals surface area (Å²) in [5.74, 6) is 2.61. The molecule has 0 aromatic rings. The first kappa shape index (κ1) is 12.6. The summed E-state index contributed by atoms with van der Waals surface area (Å²) in [5, 5.41) is 8.64. The highest BCUT2D eigenvalue weighted by atomic mass is 16.5. The van der Waals surface area contributed by atoms with E-state index in [0.717, 1.165) is 11.8 Å². The van der Waals surface area contributed by atoms with Crippen molar-refractivity contribution in [3.8, 4) is 0 Å². The first-order valence-electron chi connectivity index (χ1n) is 7.63. The normalized spacial score (nSPS) is 43.0. The molecule has 4 aliphatic rings. The Morgan fingerprint density at radius 3 is 2.40 bits per heavy atom. The third-order valence-corrected chi connectivity index (χ3v) is 5.93. The molecule has 1 heterocycles. The van der Waals surface area contributed by atoms with Crippen LogP contribution in [0.15, 0.2) is 0 Å². The van der Waals surface area contributed by atoms with Crippen LogP contribution in [0.1, 0.15) is 26.2 Å². The monoisotopic (exact) mass is 279 g/mol. The van der Waals surface area contributed by atoms with Crippen molar-refractivity contribution >= 4 is 11.9 Å². The number of carboxylic acid groups (broad SMARTS) is 1. The van der Waals surface area contributed by atoms with E-state index in [1.807, 2.05) is 11.8 Å². The van der Waals surface area contributed by atoms with E-state index in [1.165, 1.54) is 19.3 Å². The van der Waals surface area contributed by atoms with Gasteiger partial charge in [-0.15, -0.1) is 0 Å². The molecule has 1 aliphatic heterocycles. The molecular weight excluding hydrogens is 258 g/mol. The lowest BCUT2D eigenvalue weighted by Gasteiger charge is -2.47. The lowest BCUT2D eigenvalue weighted by atomic mass is 9.94. The number of nitrogens with zero attached hydrogens (tertiary/aromatic N) is 1. The molecule has 3 aliphatic carbocycles. The van der Waals surface area contributed by atoms with Crippen molar-refractivity contribution in [1.29, 1.82) is 0 Å². The minimum atomic E-state index is -0.954. The number of carbonyl (C=O) groups is 2. The Kier molecular flexibility index (Phi) is 2.50. The summed E-state index contributed by atoms with van der Waals surface area (Å²) in [5.41, 5.74) is -0.461. The molecule has 0 spiro atoms. The molecule has 20 heavy (non-hydrogen) atoms. The van der Waals surface area contributed by atoms with Crippen molar-refractivity contribution in [3.63, 3.8) is 0 Å². The first-order valence-corrected chi connectivity index (χ1v) is 7.63. The number of fused-ring (bicyclic) bond motifs is 5. The van der Waals surface area contributed by atoms with Gasteiger partial charge in [-0.1, -0.05) is 0 Å². The molecular formula is C15H21NO4. The highest BCUT2D eigenvalue weighted by Gasteiger charge is 2.68. The quantitative estimate of drug-likeness (QED) is 0.833. The Bertz CT molecular complexity index is 454. The van der Waals surface area contributed by atoms with Crippen LogP contribution in [0.4, 0.5) is 0 Å². The zero-order chi connectivity index (χ0) is 14.1. The number of carboxylic acids is 1. The molecule has 5 nitrogen and oxygen atoms in total. The van der Waals surface area contributed by atoms with E-state index in [-0.39, 0.29) is 12.5 Å². The van der Waals surface area contributed by atoms with E-state index in [0.29, 0.717) is 30.8 Å². The van der Waals surface area contributed by atoms with Gasteiger partial charge in [0.1, 0.15) is 12.2 Å². The average Bonchev–Trinajstić information content (AvgIpc) is 2.80. The smallest absolute Gasteiger partial charge is 0.329 e. The molecule has 4 atom stereocenters. The third-order valence-electron chi connectivity index (χ3n) is 5.93. The number of amides is 1. The topological polar surface area (TPSA) is 66.8 Å². The minimum Gasteiger partial charge on any atom is -0.480 e. The summed E-state index contributed by atoms with van der Waals surface area (Å²) in [6.07, 6.45) is 4.02. The summed E-state index contributed by atoms with van der Waals surface area (Å²) in [6, 6.07) is 0. The predicted octanol–water partition coefficient (Wildman–Crippen LogP) is 0.981.